The summed E-state index contributed by atoms with van der Waals surface area (Å²) in [5, 5.41) is 7.41. The summed E-state index contributed by atoms with van der Waals surface area (Å²) in [5.41, 5.74) is 20.6. The zero-order valence-electron chi connectivity index (χ0n) is 12.1. The van der Waals surface area contributed by atoms with E-state index in [1.165, 1.54) is 0 Å². The van der Waals surface area contributed by atoms with Crippen LogP contribution in [0, 0.1) is 0 Å². The van der Waals surface area contributed by atoms with Gasteiger partial charge in [0.2, 0.25) is 0 Å². The van der Waals surface area contributed by atoms with Crippen LogP contribution in [0.3, 0.4) is 0 Å². The Bertz CT molecular complexity index is 663. The van der Waals surface area contributed by atoms with E-state index in [9.17, 15) is 0 Å². The molecule has 0 N–H and O–H groups in total. The van der Waals surface area contributed by atoms with Crippen molar-refractivity contribution in [2.24, 2.45) is 10.2 Å². The van der Waals surface area contributed by atoms with Gasteiger partial charge >= 0.3 is 0 Å². The van der Waals surface area contributed by atoms with Gasteiger partial charge in [-0.3, -0.25) is 0 Å². The monoisotopic (exact) mass is 292 g/mol. The molecule has 0 saturated carbocycles. The van der Waals surface area contributed by atoms with E-state index in [2.05, 4.69) is 20.1 Å². The average Bonchev–Trinajstić information content (AvgIpc) is 2.55. The standard InChI is InChI=1S/C16H16N6/c17-21-19-15-11-5-3-9-13(15)7-1-2-8-14-10-4-6-12-16(14)20-22-18/h3-6,9-12H,1-2,7-8H2. The number of nitrogens with zero attached hydrogens (tertiary/aromatic N) is 6. The molecule has 0 bridgehead atoms. The largest absolute Gasteiger partial charge is 0.0620 e. The van der Waals surface area contributed by atoms with Crippen molar-refractivity contribution >= 4 is 11.4 Å². The van der Waals surface area contributed by atoms with Crippen molar-refractivity contribution in [3.05, 3.63) is 80.5 Å². The van der Waals surface area contributed by atoms with Gasteiger partial charge in [-0.1, -0.05) is 58.8 Å². The number of aryl methyl sites for hydroxylation is 2. The second-order valence-electron chi connectivity index (χ2n) is 4.84. The van der Waals surface area contributed by atoms with Crippen molar-refractivity contribution in [2.75, 3.05) is 0 Å². The van der Waals surface area contributed by atoms with Gasteiger partial charge in [-0.25, -0.2) is 0 Å². The highest BCUT2D eigenvalue weighted by atomic mass is 15.1. The van der Waals surface area contributed by atoms with Crippen LogP contribution >= 0.6 is 0 Å². The molecule has 0 unspecified atom stereocenters. The van der Waals surface area contributed by atoms with Crippen LogP contribution in [0.15, 0.2) is 58.8 Å². The maximum atomic E-state index is 8.56. The van der Waals surface area contributed by atoms with Gasteiger partial charge in [-0.15, -0.1) is 0 Å². The summed E-state index contributed by atoms with van der Waals surface area (Å²) in [6.45, 7) is 0. The molecule has 6 nitrogen and oxygen atoms in total. The SMILES string of the molecule is [N-]=[N+]=Nc1ccccc1CCCCc1ccccc1N=[N+]=[N-]. The van der Waals surface area contributed by atoms with Crippen LogP contribution in [-0.2, 0) is 12.8 Å². The zero-order valence-corrected chi connectivity index (χ0v) is 12.1. The lowest BCUT2D eigenvalue weighted by Crippen LogP contribution is -1.90. The van der Waals surface area contributed by atoms with Crippen LogP contribution in [0.4, 0.5) is 11.4 Å². The van der Waals surface area contributed by atoms with Crippen molar-refractivity contribution in [1.29, 1.82) is 0 Å². The number of azide groups is 2. The molecule has 0 aliphatic rings. The summed E-state index contributed by atoms with van der Waals surface area (Å²) >= 11 is 0. The van der Waals surface area contributed by atoms with Crippen LogP contribution in [0.2, 0.25) is 0 Å². The highest BCUT2D eigenvalue weighted by Crippen LogP contribution is 2.23. The Kier molecular flexibility index (Phi) is 5.88. The molecule has 110 valence electrons. The maximum absolute atomic E-state index is 8.56. The van der Waals surface area contributed by atoms with Crippen LogP contribution in [0.5, 0.6) is 0 Å². The first kappa shape index (κ1) is 15.4. The molecule has 0 aliphatic heterocycles. The fraction of sp³-hybridized carbons (Fsp3) is 0.250. The topological polar surface area (TPSA) is 97.5 Å². The van der Waals surface area contributed by atoms with E-state index >= 15 is 0 Å². The molecule has 0 spiro atoms. The third kappa shape index (κ3) is 4.28. The van der Waals surface area contributed by atoms with Gasteiger partial charge < -0.3 is 0 Å². The van der Waals surface area contributed by atoms with Gasteiger partial charge in [0.15, 0.2) is 0 Å². The lowest BCUT2D eigenvalue weighted by Gasteiger charge is -2.07. The number of rotatable bonds is 7. The van der Waals surface area contributed by atoms with Crippen LogP contribution in [0.25, 0.3) is 20.9 Å². The van der Waals surface area contributed by atoms with Crippen LogP contribution < -0.4 is 0 Å². The molecule has 2 rings (SSSR count). The fourth-order valence-electron chi connectivity index (χ4n) is 2.37. The third-order valence-corrected chi connectivity index (χ3v) is 3.43. The average molecular weight is 292 g/mol. The molecule has 2 aromatic carbocycles. The molecule has 0 saturated heterocycles. The molecule has 0 atom stereocenters. The van der Waals surface area contributed by atoms with Gasteiger partial charge in [-0.05, 0) is 47.9 Å². The Morgan fingerprint density at radius 2 is 1.09 bits per heavy atom. The molecule has 0 aromatic heterocycles. The quantitative estimate of drug-likeness (QED) is 0.253. The maximum Gasteiger partial charge on any atom is 0.0407 e. The Morgan fingerprint density at radius 3 is 1.50 bits per heavy atom. The first-order valence-electron chi connectivity index (χ1n) is 7.11. The van der Waals surface area contributed by atoms with E-state index in [0.717, 1.165) is 36.8 Å². The molecular weight excluding hydrogens is 276 g/mol. The number of hydrogen-bond acceptors (Lipinski definition) is 2. The summed E-state index contributed by atoms with van der Waals surface area (Å²) < 4.78 is 0. The summed E-state index contributed by atoms with van der Waals surface area (Å²) in [6, 6.07) is 15.2. The van der Waals surface area contributed by atoms with Crippen molar-refractivity contribution in [3.8, 4) is 0 Å². The highest BCUT2D eigenvalue weighted by molar-refractivity contribution is 5.46. The van der Waals surface area contributed by atoms with Crippen molar-refractivity contribution in [3.63, 3.8) is 0 Å². The summed E-state index contributed by atoms with van der Waals surface area (Å²) in [5.74, 6) is 0. The summed E-state index contributed by atoms with van der Waals surface area (Å²) in [6.07, 6.45) is 3.67. The Balaban J connectivity index is 1.93. The number of hydrogen-bond donors (Lipinski definition) is 0. The zero-order chi connectivity index (χ0) is 15.6. The minimum absolute atomic E-state index is 0.694. The Morgan fingerprint density at radius 1 is 0.682 bits per heavy atom. The minimum Gasteiger partial charge on any atom is -0.0620 e. The number of benzene rings is 2. The van der Waals surface area contributed by atoms with Crippen molar-refractivity contribution in [2.45, 2.75) is 25.7 Å². The van der Waals surface area contributed by atoms with Gasteiger partial charge in [0.1, 0.15) is 0 Å². The van der Waals surface area contributed by atoms with Gasteiger partial charge in [0, 0.05) is 21.2 Å². The second kappa shape index (κ2) is 8.37. The second-order valence-corrected chi connectivity index (χ2v) is 4.84. The van der Waals surface area contributed by atoms with Gasteiger partial charge in [0.25, 0.3) is 0 Å². The molecule has 2 aromatic rings. The third-order valence-electron chi connectivity index (χ3n) is 3.43. The first-order valence-corrected chi connectivity index (χ1v) is 7.11. The normalized spacial score (nSPS) is 9.64. The van der Waals surface area contributed by atoms with E-state index < -0.39 is 0 Å². The summed E-state index contributed by atoms with van der Waals surface area (Å²) in [4.78, 5) is 5.71. The molecule has 0 radical (unpaired) electrons. The van der Waals surface area contributed by atoms with E-state index in [1.54, 1.807) is 0 Å². The Labute approximate surface area is 128 Å². The van der Waals surface area contributed by atoms with E-state index in [0.29, 0.717) is 11.4 Å². The van der Waals surface area contributed by atoms with Crippen LogP contribution in [0.1, 0.15) is 24.0 Å². The Hall–Kier alpha value is -2.94. The smallest absolute Gasteiger partial charge is 0.0407 e. The lowest BCUT2D eigenvalue weighted by molar-refractivity contribution is 0.735. The molecule has 0 fully saturated rings. The highest BCUT2D eigenvalue weighted by Gasteiger charge is 2.02. The van der Waals surface area contributed by atoms with E-state index in [1.807, 2.05) is 48.5 Å². The molecular formula is C16H16N6. The van der Waals surface area contributed by atoms with Gasteiger partial charge in [0.05, 0.1) is 0 Å². The number of unbranched alkanes of at least 4 members (excludes halogenated alkanes) is 1. The predicted molar refractivity (Wildman–Crippen MR) is 87.1 cm³/mol. The van der Waals surface area contributed by atoms with E-state index in [-0.39, 0.29) is 0 Å². The first-order chi connectivity index (χ1) is 10.8. The van der Waals surface area contributed by atoms with Gasteiger partial charge in [-0.2, -0.15) is 0 Å². The molecule has 0 heterocycles. The van der Waals surface area contributed by atoms with Crippen LogP contribution in [-0.4, -0.2) is 0 Å². The lowest BCUT2D eigenvalue weighted by atomic mass is 10.0. The summed E-state index contributed by atoms with van der Waals surface area (Å²) in [7, 11) is 0. The fourth-order valence-corrected chi connectivity index (χ4v) is 2.37. The minimum atomic E-state index is 0.694. The molecule has 6 heteroatoms. The molecule has 0 amide bonds. The van der Waals surface area contributed by atoms with Crippen molar-refractivity contribution < 1.29 is 0 Å². The predicted octanol–water partition coefficient (Wildman–Crippen LogP) is 6.14. The molecule has 0 aliphatic carbocycles. The van der Waals surface area contributed by atoms with E-state index in [4.69, 9.17) is 11.1 Å². The molecule has 22 heavy (non-hydrogen) atoms. The van der Waals surface area contributed by atoms with Crippen molar-refractivity contribution in [1.82, 2.24) is 0 Å².